The molecule has 0 aliphatic heterocycles. The van der Waals surface area contributed by atoms with Crippen LogP contribution < -0.4 is 10.1 Å². The van der Waals surface area contributed by atoms with Gasteiger partial charge in [0.05, 0.1) is 6.54 Å². The minimum absolute atomic E-state index is 0.624. The molecule has 0 atom stereocenters. The fourth-order valence-corrected chi connectivity index (χ4v) is 2.32. The summed E-state index contributed by atoms with van der Waals surface area (Å²) in [7, 11) is 2.03. The number of ether oxygens (including phenoxy) is 1. The molecule has 0 bridgehead atoms. The fraction of sp³-hybridized carbons (Fsp3) is 0.500. The lowest BCUT2D eigenvalue weighted by molar-refractivity contribution is 0.281. The maximum Gasteiger partial charge on any atom is 0.193 e. The van der Waals surface area contributed by atoms with Gasteiger partial charge in [0.25, 0.3) is 0 Å². The van der Waals surface area contributed by atoms with Crippen LogP contribution in [0.25, 0.3) is 0 Å². The Morgan fingerprint density at radius 1 is 1.20 bits per heavy atom. The fourth-order valence-electron chi connectivity index (χ4n) is 2.32. The molecule has 1 aromatic heterocycles. The second kappa shape index (κ2) is 11.1. The predicted molar refractivity (Wildman–Crippen MR) is 99.8 cm³/mol. The summed E-state index contributed by atoms with van der Waals surface area (Å²) in [5.74, 6) is 1.82. The summed E-state index contributed by atoms with van der Waals surface area (Å²) in [6.07, 6.45) is 5.57. The monoisotopic (exact) mass is 344 g/mol. The van der Waals surface area contributed by atoms with Gasteiger partial charge in [-0.3, -0.25) is 4.99 Å². The minimum atomic E-state index is 0.624. The number of rotatable bonds is 10. The van der Waals surface area contributed by atoms with E-state index < -0.39 is 0 Å². The van der Waals surface area contributed by atoms with Gasteiger partial charge in [0.1, 0.15) is 25.0 Å². The van der Waals surface area contributed by atoms with E-state index in [1.165, 1.54) is 0 Å². The normalized spacial score (nSPS) is 11.4. The van der Waals surface area contributed by atoms with E-state index in [2.05, 4.69) is 27.3 Å². The van der Waals surface area contributed by atoms with Crippen molar-refractivity contribution in [3.63, 3.8) is 0 Å². The number of aryl methyl sites for hydroxylation is 1. The summed E-state index contributed by atoms with van der Waals surface area (Å²) in [6.45, 7) is 6.06. The second-order valence-corrected chi connectivity index (χ2v) is 5.73. The number of para-hydroxylation sites is 1. The Labute approximate surface area is 149 Å². The van der Waals surface area contributed by atoms with Crippen molar-refractivity contribution < 1.29 is 4.74 Å². The zero-order chi connectivity index (χ0) is 17.7. The van der Waals surface area contributed by atoms with Crippen LogP contribution in [0.2, 0.25) is 0 Å². The van der Waals surface area contributed by atoms with Crippen LogP contribution in [0.4, 0.5) is 0 Å². The Bertz CT molecular complexity index is 599. The van der Waals surface area contributed by atoms with Gasteiger partial charge in [-0.1, -0.05) is 18.2 Å². The number of guanidine groups is 1. The lowest BCUT2D eigenvalue weighted by Gasteiger charge is -2.22. The lowest BCUT2D eigenvalue weighted by atomic mass is 10.3. The molecule has 0 saturated carbocycles. The van der Waals surface area contributed by atoms with Crippen molar-refractivity contribution in [3.8, 4) is 5.75 Å². The van der Waals surface area contributed by atoms with Gasteiger partial charge in [-0.25, -0.2) is 0 Å². The molecule has 0 spiro atoms. The van der Waals surface area contributed by atoms with Crippen LogP contribution in [0.5, 0.6) is 5.75 Å². The molecule has 0 amide bonds. The average Bonchev–Trinajstić information content (AvgIpc) is 3.15. The lowest BCUT2D eigenvalue weighted by Crippen LogP contribution is -2.41. The van der Waals surface area contributed by atoms with Crippen LogP contribution in [0.3, 0.4) is 0 Å². The molecular formula is C18H28N6O. The zero-order valence-electron chi connectivity index (χ0n) is 15.1. The first kappa shape index (κ1) is 18.8. The Balaban J connectivity index is 1.69. The van der Waals surface area contributed by atoms with E-state index in [0.29, 0.717) is 6.61 Å². The van der Waals surface area contributed by atoms with Crippen molar-refractivity contribution >= 4 is 5.96 Å². The maximum atomic E-state index is 5.75. The third-order valence-electron chi connectivity index (χ3n) is 3.69. The summed E-state index contributed by atoms with van der Waals surface area (Å²) < 4.78 is 7.74. The van der Waals surface area contributed by atoms with Crippen LogP contribution in [0, 0.1) is 0 Å². The van der Waals surface area contributed by atoms with Crippen LogP contribution in [0.1, 0.15) is 19.8 Å². The molecule has 0 unspecified atom stereocenters. The van der Waals surface area contributed by atoms with Crippen molar-refractivity contribution in [2.45, 2.75) is 26.3 Å². The summed E-state index contributed by atoms with van der Waals surface area (Å²) in [5.41, 5.74) is 0. The molecule has 1 N–H and O–H groups in total. The van der Waals surface area contributed by atoms with Crippen LogP contribution >= 0.6 is 0 Å². The first-order chi connectivity index (χ1) is 12.3. The average molecular weight is 344 g/mol. The maximum absolute atomic E-state index is 5.75. The zero-order valence-corrected chi connectivity index (χ0v) is 15.1. The number of likely N-dealkylation sites (N-methyl/N-ethyl adjacent to an activating group) is 1. The first-order valence-electron chi connectivity index (χ1n) is 8.79. The molecule has 1 aromatic carbocycles. The summed E-state index contributed by atoms with van der Waals surface area (Å²) in [4.78, 5) is 6.80. The quantitative estimate of drug-likeness (QED) is 0.406. The molecule has 0 radical (unpaired) electrons. The number of nitrogens with one attached hydrogen (secondary N) is 1. The van der Waals surface area contributed by atoms with Crippen LogP contribution in [0.15, 0.2) is 48.0 Å². The first-order valence-corrected chi connectivity index (χ1v) is 8.79. The van der Waals surface area contributed by atoms with Gasteiger partial charge in [-0.2, -0.15) is 0 Å². The van der Waals surface area contributed by atoms with E-state index in [1.54, 1.807) is 12.7 Å². The molecular weight excluding hydrogens is 316 g/mol. The molecule has 25 heavy (non-hydrogen) atoms. The van der Waals surface area contributed by atoms with Crippen molar-refractivity contribution in [1.29, 1.82) is 0 Å². The number of hydrogen-bond acceptors (Lipinski definition) is 4. The molecule has 0 saturated heterocycles. The molecule has 7 nitrogen and oxygen atoms in total. The number of aliphatic imine (C=N–C) groups is 1. The van der Waals surface area contributed by atoms with E-state index in [0.717, 1.165) is 50.7 Å². The highest BCUT2D eigenvalue weighted by molar-refractivity contribution is 5.79. The summed E-state index contributed by atoms with van der Waals surface area (Å²) in [6, 6.07) is 9.87. The third-order valence-corrected chi connectivity index (χ3v) is 3.69. The van der Waals surface area contributed by atoms with Gasteiger partial charge in [0.2, 0.25) is 0 Å². The molecule has 136 valence electrons. The van der Waals surface area contributed by atoms with Crippen molar-refractivity contribution in [2.24, 2.45) is 4.99 Å². The standard InChI is InChI=1S/C18H28N6O/c1-3-19-18(20-11-7-8-12-24-15-21-22-16-24)23(2)13-14-25-17-9-5-4-6-10-17/h4-6,9-10,15-16H,3,7-8,11-14H2,1-2H3,(H,19,20). The number of unbranched alkanes of at least 4 members (excludes halogenated alkanes) is 1. The van der Waals surface area contributed by atoms with E-state index in [1.807, 2.05) is 41.9 Å². The molecule has 0 aliphatic carbocycles. The molecule has 0 fully saturated rings. The van der Waals surface area contributed by atoms with Gasteiger partial charge in [-0.15, -0.1) is 10.2 Å². The Kier molecular flexibility index (Phi) is 8.31. The van der Waals surface area contributed by atoms with Gasteiger partial charge < -0.3 is 19.5 Å². The van der Waals surface area contributed by atoms with E-state index >= 15 is 0 Å². The Morgan fingerprint density at radius 3 is 2.68 bits per heavy atom. The predicted octanol–water partition coefficient (Wildman–Crippen LogP) is 2.03. The Hall–Kier alpha value is -2.57. The number of nitrogens with zero attached hydrogens (tertiary/aromatic N) is 5. The van der Waals surface area contributed by atoms with Gasteiger partial charge in [0.15, 0.2) is 5.96 Å². The summed E-state index contributed by atoms with van der Waals surface area (Å²) in [5, 5.41) is 10.9. The number of hydrogen-bond donors (Lipinski definition) is 1. The minimum Gasteiger partial charge on any atom is -0.492 e. The third kappa shape index (κ3) is 7.24. The van der Waals surface area contributed by atoms with Crippen molar-refractivity contribution in [1.82, 2.24) is 25.0 Å². The van der Waals surface area contributed by atoms with E-state index in [4.69, 9.17) is 9.73 Å². The van der Waals surface area contributed by atoms with E-state index in [-0.39, 0.29) is 0 Å². The second-order valence-electron chi connectivity index (χ2n) is 5.73. The molecule has 0 aliphatic rings. The SMILES string of the molecule is CCNC(=NCCCCn1cnnc1)N(C)CCOc1ccccc1. The van der Waals surface area contributed by atoms with Crippen molar-refractivity contribution in [3.05, 3.63) is 43.0 Å². The topological polar surface area (TPSA) is 67.6 Å². The largest absolute Gasteiger partial charge is 0.492 e. The van der Waals surface area contributed by atoms with Crippen LogP contribution in [-0.4, -0.2) is 58.9 Å². The summed E-state index contributed by atoms with van der Waals surface area (Å²) >= 11 is 0. The smallest absolute Gasteiger partial charge is 0.193 e. The van der Waals surface area contributed by atoms with Gasteiger partial charge in [-0.05, 0) is 31.9 Å². The van der Waals surface area contributed by atoms with Crippen molar-refractivity contribution in [2.75, 3.05) is 33.3 Å². The van der Waals surface area contributed by atoms with Gasteiger partial charge in [0, 0.05) is 26.7 Å². The van der Waals surface area contributed by atoms with E-state index in [9.17, 15) is 0 Å². The number of benzene rings is 1. The molecule has 1 heterocycles. The van der Waals surface area contributed by atoms with Crippen LogP contribution in [-0.2, 0) is 6.54 Å². The van der Waals surface area contributed by atoms with Gasteiger partial charge >= 0.3 is 0 Å². The molecule has 2 aromatic rings. The molecule has 7 heteroatoms. The Morgan fingerprint density at radius 2 is 1.96 bits per heavy atom. The highest BCUT2D eigenvalue weighted by Crippen LogP contribution is 2.07. The highest BCUT2D eigenvalue weighted by atomic mass is 16.5. The highest BCUT2D eigenvalue weighted by Gasteiger charge is 2.05. The number of aromatic nitrogens is 3. The molecule has 2 rings (SSSR count).